The Hall–Kier alpha value is -1.94. The van der Waals surface area contributed by atoms with E-state index in [9.17, 15) is 43.2 Å². The van der Waals surface area contributed by atoms with Crippen LogP contribution in [0.3, 0.4) is 0 Å². The Kier molecular flexibility index (Phi) is 73.4. The maximum absolute atomic E-state index is 13.1. The summed E-state index contributed by atoms with van der Waals surface area (Å²) in [5.41, 5.74) is 0. The highest BCUT2D eigenvalue weighted by molar-refractivity contribution is 7.47. The Morgan fingerprint density at radius 1 is 0.238 bits per heavy atom. The molecule has 3 N–H and O–H groups in total. The Labute approximate surface area is 645 Å². The number of phosphoric ester groups is 2. The van der Waals surface area contributed by atoms with E-state index in [0.717, 1.165) is 114 Å². The summed E-state index contributed by atoms with van der Waals surface area (Å²) in [5.74, 6) is 0.988. The minimum Gasteiger partial charge on any atom is -0.462 e. The number of esters is 4. The number of rotatable bonds is 83. The summed E-state index contributed by atoms with van der Waals surface area (Å²) in [5, 5.41) is 10.7. The van der Waals surface area contributed by atoms with E-state index in [1.54, 1.807) is 0 Å². The van der Waals surface area contributed by atoms with Gasteiger partial charge in [0, 0.05) is 25.7 Å². The predicted molar refractivity (Wildman–Crippen MR) is 432 cm³/mol. The zero-order valence-electron chi connectivity index (χ0n) is 69.4. The molecule has 0 aliphatic rings. The van der Waals surface area contributed by atoms with Crippen molar-refractivity contribution in [2.45, 2.75) is 465 Å². The van der Waals surface area contributed by atoms with E-state index in [1.807, 2.05) is 0 Å². The molecule has 0 bridgehead atoms. The third kappa shape index (κ3) is 79.9. The Balaban J connectivity index is 5.19. The van der Waals surface area contributed by atoms with Gasteiger partial charge in [-0.05, 0) is 49.4 Å². The van der Waals surface area contributed by atoms with Gasteiger partial charge in [-0.15, -0.1) is 0 Å². The quantitative estimate of drug-likeness (QED) is 0.0222. The average Bonchev–Trinajstić information content (AvgIpc) is 0.917. The number of unbranched alkanes of at least 4 members (excludes halogenated alkanes) is 49. The molecule has 0 aliphatic carbocycles. The molecule has 0 radical (unpaired) electrons. The lowest BCUT2D eigenvalue weighted by Gasteiger charge is -2.21. The van der Waals surface area contributed by atoms with Gasteiger partial charge in [0.05, 0.1) is 26.4 Å². The SMILES string of the molecule is CC(C)CCCCCCCCCCCCCCCCCCCCC(=O)OC[C@H](COP(=O)(O)OCC(O)COP(=O)(O)OC[C@@H](COC(=O)CCCCCCCCC(C)C)OC(=O)CCCCCCCCCCCCCCCCCCC(C)C)OC(=O)CCCCCCCCCCCCCCCC(C)C. The molecule has 0 aromatic carbocycles. The summed E-state index contributed by atoms with van der Waals surface area (Å²) in [6.07, 6.45) is 64.1. The van der Waals surface area contributed by atoms with Crippen molar-refractivity contribution in [1.29, 1.82) is 0 Å². The van der Waals surface area contributed by atoms with Gasteiger partial charge < -0.3 is 33.8 Å². The molecule has 0 amide bonds. The second-order valence-electron chi connectivity index (χ2n) is 32.8. The van der Waals surface area contributed by atoms with Gasteiger partial charge in [-0.2, -0.15) is 0 Å². The lowest BCUT2D eigenvalue weighted by Crippen LogP contribution is -2.30. The zero-order chi connectivity index (χ0) is 77.4. The number of phosphoric acid groups is 2. The van der Waals surface area contributed by atoms with Crippen LogP contribution >= 0.6 is 15.6 Å². The van der Waals surface area contributed by atoms with Gasteiger partial charge in [0.1, 0.15) is 19.3 Å². The highest BCUT2D eigenvalue weighted by atomic mass is 31.2. The molecule has 0 fully saturated rings. The minimum absolute atomic E-state index is 0.107. The number of carbonyl (C=O) groups excluding carboxylic acids is 4. The number of hydrogen-bond acceptors (Lipinski definition) is 15. The first-order valence-corrected chi connectivity index (χ1v) is 47.2. The molecule has 624 valence electrons. The average molecular weight is 1540 g/mol. The maximum atomic E-state index is 13.1. The normalized spacial score (nSPS) is 13.9. The van der Waals surface area contributed by atoms with Crippen LogP contribution in [0.5, 0.6) is 0 Å². The molecule has 0 rings (SSSR count). The van der Waals surface area contributed by atoms with Gasteiger partial charge in [0.25, 0.3) is 0 Å². The molecule has 17 nitrogen and oxygen atoms in total. The fourth-order valence-corrected chi connectivity index (χ4v) is 14.9. The highest BCUT2D eigenvalue weighted by Crippen LogP contribution is 2.45. The molecule has 0 spiro atoms. The maximum Gasteiger partial charge on any atom is 0.472 e. The molecule has 0 saturated carbocycles. The van der Waals surface area contributed by atoms with Crippen LogP contribution in [0.1, 0.15) is 447 Å². The van der Waals surface area contributed by atoms with E-state index < -0.39 is 97.5 Å². The van der Waals surface area contributed by atoms with Crippen molar-refractivity contribution in [2.24, 2.45) is 23.7 Å². The second-order valence-corrected chi connectivity index (χ2v) is 35.7. The predicted octanol–water partition coefficient (Wildman–Crippen LogP) is 25.9. The van der Waals surface area contributed by atoms with E-state index in [2.05, 4.69) is 55.4 Å². The molecule has 0 aromatic rings. The van der Waals surface area contributed by atoms with Crippen LogP contribution in [-0.4, -0.2) is 96.7 Å². The fourth-order valence-electron chi connectivity index (χ4n) is 13.3. The third-order valence-corrected chi connectivity index (χ3v) is 22.0. The highest BCUT2D eigenvalue weighted by Gasteiger charge is 2.30. The molecule has 19 heteroatoms. The van der Waals surface area contributed by atoms with Gasteiger partial charge >= 0.3 is 39.5 Å². The molecule has 3 unspecified atom stereocenters. The summed E-state index contributed by atoms with van der Waals surface area (Å²) in [6, 6.07) is 0. The van der Waals surface area contributed by atoms with Crippen molar-refractivity contribution in [2.75, 3.05) is 39.6 Å². The monoisotopic (exact) mass is 1540 g/mol. The number of ether oxygens (including phenoxy) is 4. The van der Waals surface area contributed by atoms with Crippen LogP contribution < -0.4 is 0 Å². The van der Waals surface area contributed by atoms with E-state index in [-0.39, 0.29) is 25.7 Å². The minimum atomic E-state index is -4.97. The summed E-state index contributed by atoms with van der Waals surface area (Å²) in [6.45, 7) is 14.3. The summed E-state index contributed by atoms with van der Waals surface area (Å²) in [4.78, 5) is 73.2. The lowest BCUT2D eigenvalue weighted by atomic mass is 10.0. The fraction of sp³-hybridized carbons (Fsp3) is 0.953. The van der Waals surface area contributed by atoms with Gasteiger partial charge in [0.15, 0.2) is 12.2 Å². The molecule has 0 aromatic heterocycles. The molecule has 0 saturated heterocycles. The van der Waals surface area contributed by atoms with Crippen molar-refractivity contribution < 1.29 is 80.2 Å². The van der Waals surface area contributed by atoms with E-state index in [4.69, 9.17) is 37.0 Å². The van der Waals surface area contributed by atoms with Crippen molar-refractivity contribution in [3.63, 3.8) is 0 Å². The first-order valence-electron chi connectivity index (χ1n) is 44.2. The first kappa shape index (κ1) is 103. The van der Waals surface area contributed by atoms with E-state index in [0.29, 0.717) is 31.6 Å². The topological polar surface area (TPSA) is 237 Å². The second kappa shape index (κ2) is 74.8. The van der Waals surface area contributed by atoms with Gasteiger partial charge in [-0.1, -0.05) is 396 Å². The standard InChI is InChI=1S/C86H168O17P2/c1-76(2)62-54-46-38-32-26-20-15-11-9-10-12-17-23-29-35-41-50-58-66-83(88)96-72-81(102-85(90)69-61-53-43-37-31-25-19-22-28-34-40-48-56-64-78(5)6)74-100-104(92,93)98-70-80(87)71-99-105(94,95)101-75-82(73-97-84(89)67-59-51-45-44-49-57-65-79(7)8)103-86(91)68-60-52-42-36-30-24-18-14-13-16-21-27-33-39-47-55-63-77(3)4/h76-82,87H,9-75H2,1-8H3,(H,92,93)(H,94,95)/t80?,81-,82-/m1/s1. The number of aliphatic hydroxyl groups is 1. The Bertz CT molecular complexity index is 2040. The van der Waals surface area contributed by atoms with Gasteiger partial charge in [0.2, 0.25) is 0 Å². The Morgan fingerprint density at radius 3 is 0.590 bits per heavy atom. The smallest absolute Gasteiger partial charge is 0.462 e. The van der Waals surface area contributed by atoms with Crippen LogP contribution in [0.4, 0.5) is 0 Å². The summed E-state index contributed by atoms with van der Waals surface area (Å²) in [7, 11) is -9.93. The molecule has 0 aliphatic heterocycles. The molecule has 5 atom stereocenters. The number of hydrogen-bond donors (Lipinski definition) is 3. The van der Waals surface area contributed by atoms with Gasteiger partial charge in [-0.25, -0.2) is 9.13 Å². The van der Waals surface area contributed by atoms with E-state index in [1.165, 1.54) is 244 Å². The molecule has 105 heavy (non-hydrogen) atoms. The van der Waals surface area contributed by atoms with E-state index >= 15 is 0 Å². The van der Waals surface area contributed by atoms with Crippen LogP contribution in [-0.2, 0) is 65.4 Å². The van der Waals surface area contributed by atoms with Crippen molar-refractivity contribution >= 4 is 39.5 Å². The number of aliphatic hydroxyl groups excluding tert-OH is 1. The number of carbonyl (C=O) groups is 4. The zero-order valence-corrected chi connectivity index (χ0v) is 71.2. The molecular formula is C86H168O17P2. The summed E-state index contributed by atoms with van der Waals surface area (Å²) < 4.78 is 68.8. The van der Waals surface area contributed by atoms with Crippen molar-refractivity contribution in [1.82, 2.24) is 0 Å². The first-order chi connectivity index (χ1) is 50.6. The summed E-state index contributed by atoms with van der Waals surface area (Å²) >= 11 is 0. The van der Waals surface area contributed by atoms with Crippen molar-refractivity contribution in [3.8, 4) is 0 Å². The van der Waals surface area contributed by atoms with Crippen LogP contribution in [0.2, 0.25) is 0 Å². The van der Waals surface area contributed by atoms with Crippen LogP contribution in [0.25, 0.3) is 0 Å². The molecular weight excluding hydrogens is 1370 g/mol. The molecule has 0 heterocycles. The van der Waals surface area contributed by atoms with Gasteiger partial charge in [-0.3, -0.25) is 37.3 Å². The van der Waals surface area contributed by atoms with Crippen LogP contribution in [0.15, 0.2) is 0 Å². The van der Waals surface area contributed by atoms with Crippen molar-refractivity contribution in [3.05, 3.63) is 0 Å². The Morgan fingerprint density at radius 2 is 0.400 bits per heavy atom. The largest absolute Gasteiger partial charge is 0.472 e. The van der Waals surface area contributed by atoms with Crippen LogP contribution in [0, 0.1) is 23.7 Å². The third-order valence-electron chi connectivity index (χ3n) is 20.1. The lowest BCUT2D eigenvalue weighted by molar-refractivity contribution is -0.161.